The van der Waals surface area contributed by atoms with Crippen LogP contribution in [-0.2, 0) is 20.9 Å². The SMILES string of the molecule is CC(CNC(=NCC(=O)N(C)C)NCC1CCCO1)COCc1ccccc1. The number of nitrogens with one attached hydrogen (secondary N) is 2. The van der Waals surface area contributed by atoms with Crippen LogP contribution in [0.1, 0.15) is 25.3 Å². The Morgan fingerprint density at radius 2 is 2.11 bits per heavy atom. The first-order chi connectivity index (χ1) is 13.5. The smallest absolute Gasteiger partial charge is 0.243 e. The highest BCUT2D eigenvalue weighted by Gasteiger charge is 2.16. The topological polar surface area (TPSA) is 75.2 Å². The summed E-state index contributed by atoms with van der Waals surface area (Å²) in [6, 6.07) is 10.2. The van der Waals surface area contributed by atoms with Crippen molar-refractivity contribution in [2.24, 2.45) is 10.9 Å². The highest BCUT2D eigenvalue weighted by Crippen LogP contribution is 2.10. The van der Waals surface area contributed by atoms with E-state index in [-0.39, 0.29) is 18.6 Å². The summed E-state index contributed by atoms with van der Waals surface area (Å²) < 4.78 is 11.5. The van der Waals surface area contributed by atoms with Crippen LogP contribution in [0.15, 0.2) is 35.3 Å². The lowest BCUT2D eigenvalue weighted by atomic mass is 10.2. The van der Waals surface area contributed by atoms with Gasteiger partial charge in [0.1, 0.15) is 6.54 Å². The number of ether oxygens (including phenoxy) is 2. The summed E-state index contributed by atoms with van der Waals surface area (Å²) in [5.74, 6) is 0.918. The molecule has 2 atom stereocenters. The summed E-state index contributed by atoms with van der Waals surface area (Å²) in [4.78, 5) is 17.8. The number of benzene rings is 1. The zero-order valence-electron chi connectivity index (χ0n) is 17.3. The van der Waals surface area contributed by atoms with E-state index < -0.39 is 0 Å². The van der Waals surface area contributed by atoms with E-state index in [1.807, 2.05) is 18.2 Å². The maximum atomic E-state index is 11.8. The summed E-state index contributed by atoms with van der Waals surface area (Å²) in [5.41, 5.74) is 1.17. The van der Waals surface area contributed by atoms with Crippen LogP contribution >= 0.6 is 0 Å². The van der Waals surface area contributed by atoms with Crippen molar-refractivity contribution in [3.8, 4) is 0 Å². The Morgan fingerprint density at radius 3 is 2.79 bits per heavy atom. The second-order valence-corrected chi connectivity index (χ2v) is 7.46. The Kier molecular flexibility index (Phi) is 9.79. The lowest BCUT2D eigenvalue weighted by molar-refractivity contribution is -0.127. The number of nitrogens with zero attached hydrogens (tertiary/aromatic N) is 2. The summed E-state index contributed by atoms with van der Waals surface area (Å²) >= 11 is 0. The molecule has 1 aliphatic rings. The van der Waals surface area contributed by atoms with Crippen molar-refractivity contribution < 1.29 is 14.3 Å². The molecule has 2 rings (SSSR count). The van der Waals surface area contributed by atoms with E-state index in [1.54, 1.807) is 19.0 Å². The second kappa shape index (κ2) is 12.4. The largest absolute Gasteiger partial charge is 0.376 e. The molecule has 0 saturated carbocycles. The molecule has 2 N–H and O–H groups in total. The van der Waals surface area contributed by atoms with Gasteiger partial charge in [-0.15, -0.1) is 0 Å². The van der Waals surface area contributed by atoms with Gasteiger partial charge in [-0.2, -0.15) is 0 Å². The van der Waals surface area contributed by atoms with Crippen molar-refractivity contribution in [2.75, 3.05) is 46.9 Å². The number of carbonyl (C=O) groups is 1. The molecule has 0 aliphatic carbocycles. The molecule has 7 nitrogen and oxygen atoms in total. The van der Waals surface area contributed by atoms with Crippen molar-refractivity contribution in [1.29, 1.82) is 0 Å². The monoisotopic (exact) mass is 390 g/mol. The van der Waals surface area contributed by atoms with E-state index in [0.29, 0.717) is 38.2 Å². The van der Waals surface area contributed by atoms with Gasteiger partial charge in [-0.1, -0.05) is 37.3 Å². The molecular formula is C21H34N4O3. The van der Waals surface area contributed by atoms with Crippen LogP contribution in [0.2, 0.25) is 0 Å². The average Bonchev–Trinajstić information content (AvgIpc) is 3.21. The Morgan fingerprint density at radius 1 is 1.32 bits per heavy atom. The number of hydrogen-bond donors (Lipinski definition) is 2. The molecule has 1 fully saturated rings. The minimum Gasteiger partial charge on any atom is -0.376 e. The third-order valence-electron chi connectivity index (χ3n) is 4.52. The molecule has 156 valence electrons. The van der Waals surface area contributed by atoms with E-state index in [9.17, 15) is 4.79 Å². The predicted molar refractivity (Wildman–Crippen MR) is 111 cm³/mol. The van der Waals surface area contributed by atoms with Crippen molar-refractivity contribution in [1.82, 2.24) is 15.5 Å². The second-order valence-electron chi connectivity index (χ2n) is 7.46. The molecule has 1 saturated heterocycles. The Bertz CT molecular complexity index is 601. The number of guanidine groups is 1. The van der Waals surface area contributed by atoms with E-state index in [1.165, 1.54) is 5.56 Å². The van der Waals surface area contributed by atoms with Gasteiger partial charge in [0.15, 0.2) is 5.96 Å². The van der Waals surface area contributed by atoms with Gasteiger partial charge >= 0.3 is 0 Å². The van der Waals surface area contributed by atoms with Crippen molar-refractivity contribution >= 4 is 11.9 Å². The van der Waals surface area contributed by atoms with Crippen molar-refractivity contribution in [3.05, 3.63) is 35.9 Å². The van der Waals surface area contributed by atoms with E-state index in [2.05, 4.69) is 34.7 Å². The molecule has 0 spiro atoms. The highest BCUT2D eigenvalue weighted by molar-refractivity contribution is 5.84. The molecule has 0 radical (unpaired) electrons. The fraction of sp³-hybridized carbons (Fsp3) is 0.619. The lowest BCUT2D eigenvalue weighted by Gasteiger charge is -2.18. The van der Waals surface area contributed by atoms with Crippen molar-refractivity contribution in [3.63, 3.8) is 0 Å². The summed E-state index contributed by atoms with van der Waals surface area (Å²) in [7, 11) is 3.47. The van der Waals surface area contributed by atoms with Gasteiger partial charge in [-0.25, -0.2) is 4.99 Å². The van der Waals surface area contributed by atoms with Crippen LogP contribution in [0, 0.1) is 5.92 Å². The molecule has 1 aromatic rings. The molecule has 7 heteroatoms. The average molecular weight is 391 g/mol. The Labute approximate surface area is 168 Å². The van der Waals surface area contributed by atoms with E-state index in [0.717, 1.165) is 19.4 Å². The van der Waals surface area contributed by atoms with E-state index >= 15 is 0 Å². The number of aliphatic imine (C=N–C) groups is 1. The summed E-state index contributed by atoms with van der Waals surface area (Å²) in [6.45, 7) is 5.73. The Hall–Kier alpha value is -2.12. The maximum absolute atomic E-state index is 11.8. The molecule has 0 bridgehead atoms. The van der Waals surface area contributed by atoms with E-state index in [4.69, 9.17) is 9.47 Å². The first-order valence-corrected chi connectivity index (χ1v) is 10.00. The fourth-order valence-electron chi connectivity index (χ4n) is 2.76. The minimum atomic E-state index is -0.0301. The highest BCUT2D eigenvalue weighted by atomic mass is 16.5. The summed E-state index contributed by atoms with van der Waals surface area (Å²) in [6.07, 6.45) is 2.37. The van der Waals surface area contributed by atoms with Gasteiger partial charge in [0.2, 0.25) is 5.91 Å². The number of likely N-dealkylation sites (N-methyl/N-ethyl adjacent to an activating group) is 1. The molecule has 2 unspecified atom stereocenters. The molecule has 1 aromatic carbocycles. The number of rotatable bonds is 10. The number of carbonyl (C=O) groups excluding carboxylic acids is 1. The Balaban J connectivity index is 1.75. The van der Waals surface area contributed by atoms with Gasteiger partial charge in [0.05, 0.1) is 19.3 Å². The van der Waals surface area contributed by atoms with Gasteiger partial charge in [0.25, 0.3) is 0 Å². The zero-order valence-corrected chi connectivity index (χ0v) is 17.3. The first kappa shape index (κ1) is 22.2. The molecule has 1 amide bonds. The standard InChI is InChI=1S/C21H34N4O3/c1-17(15-27-16-18-8-5-4-6-9-18)12-22-21(24-14-20(26)25(2)3)23-13-19-10-7-11-28-19/h4-6,8-9,17,19H,7,10-16H2,1-3H3,(H2,22,23,24). The predicted octanol–water partition coefficient (Wildman–Crippen LogP) is 1.64. The summed E-state index contributed by atoms with van der Waals surface area (Å²) in [5, 5.41) is 6.61. The third-order valence-corrected chi connectivity index (χ3v) is 4.52. The minimum absolute atomic E-state index is 0.0301. The normalized spacial score (nSPS) is 18.0. The fourth-order valence-corrected chi connectivity index (χ4v) is 2.76. The van der Waals surface area contributed by atoms with Crippen LogP contribution < -0.4 is 10.6 Å². The lowest BCUT2D eigenvalue weighted by Crippen LogP contribution is -2.43. The molecular weight excluding hydrogens is 356 g/mol. The van der Waals surface area contributed by atoms with Gasteiger partial charge in [-0.3, -0.25) is 4.79 Å². The quantitative estimate of drug-likeness (QED) is 0.469. The number of hydrogen-bond acceptors (Lipinski definition) is 4. The van der Waals surface area contributed by atoms with Crippen LogP contribution in [0.5, 0.6) is 0 Å². The van der Waals surface area contributed by atoms with Gasteiger partial charge in [-0.05, 0) is 24.3 Å². The molecule has 1 heterocycles. The zero-order chi connectivity index (χ0) is 20.2. The van der Waals surface area contributed by atoms with Crippen LogP contribution in [0.4, 0.5) is 0 Å². The first-order valence-electron chi connectivity index (χ1n) is 10.00. The van der Waals surface area contributed by atoms with Crippen LogP contribution in [0.25, 0.3) is 0 Å². The van der Waals surface area contributed by atoms with Crippen LogP contribution in [-0.4, -0.2) is 69.8 Å². The third kappa shape index (κ3) is 8.71. The maximum Gasteiger partial charge on any atom is 0.243 e. The van der Waals surface area contributed by atoms with Gasteiger partial charge in [0, 0.05) is 33.8 Å². The van der Waals surface area contributed by atoms with Crippen molar-refractivity contribution in [2.45, 2.75) is 32.5 Å². The molecule has 0 aromatic heterocycles. The molecule has 28 heavy (non-hydrogen) atoms. The van der Waals surface area contributed by atoms with Gasteiger partial charge < -0.3 is 25.0 Å². The van der Waals surface area contributed by atoms with Crippen LogP contribution in [0.3, 0.4) is 0 Å². The number of amides is 1. The molecule has 1 aliphatic heterocycles.